The fraction of sp³-hybridized carbons (Fsp3) is 0.421. The van der Waals surface area contributed by atoms with Crippen LogP contribution in [-0.2, 0) is 0 Å². The molecule has 0 amide bonds. The number of nitrogens with zero attached hydrogens (tertiary/aromatic N) is 1. The molecular weight excluding hydrogens is 280 g/mol. The summed E-state index contributed by atoms with van der Waals surface area (Å²) in [6.45, 7) is 2.27. The number of rotatable bonds is 3. The van der Waals surface area contributed by atoms with Crippen molar-refractivity contribution in [2.45, 2.75) is 44.9 Å². The molecule has 1 aliphatic rings. The molecule has 3 rings (SSSR count). The Bertz CT molecular complexity index is 628. The van der Waals surface area contributed by atoms with Gasteiger partial charge in [0.1, 0.15) is 0 Å². The fourth-order valence-corrected chi connectivity index (χ4v) is 3.43. The minimum absolute atomic E-state index is 0.611. The predicted molar refractivity (Wildman–Crippen MR) is 84.6 cm³/mol. The Morgan fingerprint density at radius 1 is 1.00 bits per heavy atom. The highest BCUT2D eigenvalue weighted by Gasteiger charge is 2.21. The van der Waals surface area contributed by atoms with Crippen molar-refractivity contribution < 1.29 is 8.78 Å². The number of aromatic nitrogens is 1. The highest BCUT2D eigenvalue weighted by molar-refractivity contribution is 5.62. The Morgan fingerprint density at radius 3 is 2.27 bits per heavy atom. The van der Waals surface area contributed by atoms with Crippen LogP contribution in [-0.4, -0.2) is 4.98 Å². The first-order valence-electron chi connectivity index (χ1n) is 8.08. The van der Waals surface area contributed by atoms with Gasteiger partial charge in [-0.15, -0.1) is 0 Å². The first-order chi connectivity index (χ1) is 10.7. The zero-order valence-electron chi connectivity index (χ0n) is 12.9. The van der Waals surface area contributed by atoms with Crippen molar-refractivity contribution in [2.24, 2.45) is 5.92 Å². The van der Waals surface area contributed by atoms with Gasteiger partial charge in [0, 0.05) is 11.8 Å². The first kappa shape index (κ1) is 15.1. The molecule has 1 aromatic carbocycles. The maximum Gasteiger partial charge on any atom is 0.248 e. The van der Waals surface area contributed by atoms with Crippen molar-refractivity contribution in [1.82, 2.24) is 4.98 Å². The van der Waals surface area contributed by atoms with Crippen LogP contribution in [0.4, 0.5) is 8.78 Å². The average molecular weight is 301 g/mol. The molecule has 0 unspecified atom stereocenters. The molecule has 1 saturated carbocycles. The van der Waals surface area contributed by atoms with Crippen LogP contribution >= 0.6 is 0 Å². The van der Waals surface area contributed by atoms with E-state index in [1.54, 1.807) is 0 Å². The molecule has 1 fully saturated rings. The smallest absolute Gasteiger partial charge is 0.225 e. The van der Waals surface area contributed by atoms with Gasteiger partial charge in [-0.2, -0.15) is 4.39 Å². The lowest BCUT2D eigenvalue weighted by atomic mass is 9.78. The second-order valence-corrected chi connectivity index (χ2v) is 6.24. The molecule has 0 aliphatic heterocycles. The van der Waals surface area contributed by atoms with Gasteiger partial charge in [0.2, 0.25) is 5.95 Å². The minimum atomic E-state index is -1.05. The zero-order valence-corrected chi connectivity index (χ0v) is 12.9. The lowest BCUT2D eigenvalue weighted by Crippen LogP contribution is -2.12. The summed E-state index contributed by atoms with van der Waals surface area (Å²) < 4.78 is 26.2. The Kier molecular flexibility index (Phi) is 4.51. The van der Waals surface area contributed by atoms with Gasteiger partial charge >= 0.3 is 0 Å². The van der Waals surface area contributed by atoms with Gasteiger partial charge in [-0.25, -0.2) is 9.37 Å². The molecule has 3 heteroatoms. The predicted octanol–water partition coefficient (Wildman–Crippen LogP) is 5.71. The molecule has 1 nitrogen and oxygen atoms in total. The van der Waals surface area contributed by atoms with E-state index in [4.69, 9.17) is 0 Å². The maximum absolute atomic E-state index is 13.3. The van der Waals surface area contributed by atoms with E-state index in [9.17, 15) is 8.78 Å². The van der Waals surface area contributed by atoms with E-state index in [0.717, 1.165) is 11.5 Å². The number of benzene rings is 1. The van der Waals surface area contributed by atoms with E-state index in [2.05, 4.69) is 24.0 Å². The van der Waals surface area contributed by atoms with Gasteiger partial charge in [0.05, 0.1) is 0 Å². The highest BCUT2D eigenvalue weighted by atomic mass is 19.2. The Morgan fingerprint density at radius 2 is 1.68 bits per heavy atom. The summed E-state index contributed by atoms with van der Waals surface area (Å²) in [4.78, 5) is 3.44. The summed E-state index contributed by atoms with van der Waals surface area (Å²) in [5, 5.41) is 0. The van der Waals surface area contributed by atoms with Crippen molar-refractivity contribution in [3.63, 3.8) is 0 Å². The molecule has 0 spiro atoms. The molecular formula is C19H21F2N. The van der Waals surface area contributed by atoms with Crippen LogP contribution in [0.25, 0.3) is 11.1 Å². The van der Waals surface area contributed by atoms with Crippen LogP contribution in [0.5, 0.6) is 0 Å². The lowest BCUT2D eigenvalue weighted by molar-refractivity contribution is 0.319. The monoisotopic (exact) mass is 301 g/mol. The lowest BCUT2D eigenvalue weighted by Gasteiger charge is -2.28. The average Bonchev–Trinajstić information content (AvgIpc) is 2.58. The van der Waals surface area contributed by atoms with Crippen LogP contribution in [0.2, 0.25) is 0 Å². The standard InChI is InChI=1S/C19H21F2N/c1-2-13-3-5-14(6-4-13)15-7-9-16(10-8-15)17-11-18(20)19(21)22-12-17/h7-14H,2-6H2,1H3. The van der Waals surface area contributed by atoms with E-state index >= 15 is 0 Å². The minimum Gasteiger partial charge on any atom is -0.225 e. The molecule has 0 saturated heterocycles. The molecule has 1 aromatic heterocycles. The van der Waals surface area contributed by atoms with E-state index in [1.165, 1.54) is 49.9 Å². The Balaban J connectivity index is 1.74. The van der Waals surface area contributed by atoms with Gasteiger partial charge in [0.15, 0.2) is 5.82 Å². The molecule has 116 valence electrons. The van der Waals surface area contributed by atoms with E-state index in [1.807, 2.05) is 12.1 Å². The van der Waals surface area contributed by atoms with Crippen molar-refractivity contribution in [3.05, 3.63) is 53.9 Å². The van der Waals surface area contributed by atoms with Gasteiger partial charge in [0.25, 0.3) is 0 Å². The Hall–Kier alpha value is -1.77. The summed E-state index contributed by atoms with van der Waals surface area (Å²) in [6.07, 6.45) is 7.80. The maximum atomic E-state index is 13.3. The summed E-state index contributed by atoms with van der Waals surface area (Å²) in [5.41, 5.74) is 2.84. The van der Waals surface area contributed by atoms with E-state index in [-0.39, 0.29) is 0 Å². The van der Waals surface area contributed by atoms with Crippen molar-refractivity contribution >= 4 is 0 Å². The number of pyridine rings is 1. The molecule has 22 heavy (non-hydrogen) atoms. The number of hydrogen-bond acceptors (Lipinski definition) is 1. The fourth-order valence-electron chi connectivity index (χ4n) is 3.43. The van der Waals surface area contributed by atoms with Crippen molar-refractivity contribution in [3.8, 4) is 11.1 Å². The molecule has 0 bridgehead atoms. The third-order valence-electron chi connectivity index (χ3n) is 4.94. The van der Waals surface area contributed by atoms with Gasteiger partial charge in [-0.3, -0.25) is 0 Å². The topological polar surface area (TPSA) is 12.9 Å². The molecule has 0 atom stereocenters. The van der Waals surface area contributed by atoms with Crippen LogP contribution < -0.4 is 0 Å². The van der Waals surface area contributed by atoms with Gasteiger partial charge in [-0.05, 0) is 54.7 Å². The summed E-state index contributed by atoms with van der Waals surface area (Å²) in [7, 11) is 0. The second kappa shape index (κ2) is 6.55. The van der Waals surface area contributed by atoms with Gasteiger partial charge < -0.3 is 0 Å². The third kappa shape index (κ3) is 3.18. The van der Waals surface area contributed by atoms with E-state index < -0.39 is 11.8 Å². The van der Waals surface area contributed by atoms with E-state index in [0.29, 0.717) is 11.5 Å². The third-order valence-corrected chi connectivity index (χ3v) is 4.94. The zero-order chi connectivity index (χ0) is 15.5. The van der Waals surface area contributed by atoms with Crippen LogP contribution in [0.1, 0.15) is 50.5 Å². The first-order valence-corrected chi connectivity index (χ1v) is 8.08. The van der Waals surface area contributed by atoms with Crippen molar-refractivity contribution in [1.29, 1.82) is 0 Å². The summed E-state index contributed by atoms with van der Waals surface area (Å²) in [5.74, 6) is -0.420. The SMILES string of the molecule is CCC1CCC(c2ccc(-c3cnc(F)c(F)c3)cc2)CC1. The number of hydrogen-bond donors (Lipinski definition) is 0. The van der Waals surface area contributed by atoms with Gasteiger partial charge in [-0.1, -0.05) is 37.6 Å². The molecule has 2 aromatic rings. The number of halogens is 2. The molecule has 1 aliphatic carbocycles. The molecule has 0 radical (unpaired) electrons. The molecule has 0 N–H and O–H groups in total. The van der Waals surface area contributed by atoms with Crippen LogP contribution in [0, 0.1) is 17.7 Å². The van der Waals surface area contributed by atoms with Crippen LogP contribution in [0.15, 0.2) is 36.5 Å². The molecule has 1 heterocycles. The summed E-state index contributed by atoms with van der Waals surface area (Å²) in [6, 6.07) is 9.40. The van der Waals surface area contributed by atoms with Crippen molar-refractivity contribution in [2.75, 3.05) is 0 Å². The highest BCUT2D eigenvalue weighted by Crippen LogP contribution is 2.37. The Labute approximate surface area is 130 Å². The second-order valence-electron chi connectivity index (χ2n) is 6.24. The largest absolute Gasteiger partial charge is 0.248 e. The van der Waals surface area contributed by atoms with Crippen LogP contribution in [0.3, 0.4) is 0 Å². The normalized spacial score (nSPS) is 21.8. The summed E-state index contributed by atoms with van der Waals surface area (Å²) >= 11 is 0. The quantitative estimate of drug-likeness (QED) is 0.662.